The topological polar surface area (TPSA) is 78.9 Å². The van der Waals surface area contributed by atoms with E-state index in [0.717, 1.165) is 0 Å². The molecule has 1 rings (SSSR count). The number of nitrogens with zero attached hydrogens (tertiary/aromatic N) is 2. The second kappa shape index (κ2) is 6.77. The first-order chi connectivity index (χ1) is 8.86. The van der Waals surface area contributed by atoms with Crippen LogP contribution in [-0.4, -0.2) is 34.9 Å². The van der Waals surface area contributed by atoms with Crippen molar-refractivity contribution in [1.82, 2.24) is 4.90 Å². The highest BCUT2D eigenvalue weighted by Gasteiger charge is 2.19. The van der Waals surface area contributed by atoms with Crippen LogP contribution in [0.1, 0.15) is 23.7 Å². The van der Waals surface area contributed by atoms with Crippen LogP contribution >= 0.6 is 27.5 Å². The molecule has 1 aromatic carbocycles. The van der Waals surface area contributed by atoms with Crippen molar-refractivity contribution in [3.8, 4) is 0 Å². The molecule has 3 N–H and O–H groups in total. The van der Waals surface area contributed by atoms with Gasteiger partial charge in [-0.05, 0) is 41.1 Å². The zero-order valence-electron chi connectivity index (χ0n) is 10.6. The zero-order valence-corrected chi connectivity index (χ0v) is 12.9. The van der Waals surface area contributed by atoms with Crippen LogP contribution in [0.5, 0.6) is 0 Å². The number of rotatable bonds is 4. The second-order valence-corrected chi connectivity index (χ2v) is 5.45. The first-order valence-electron chi connectivity index (χ1n) is 5.55. The smallest absolute Gasteiger partial charge is 0.253 e. The molecule has 1 unspecified atom stereocenters. The number of hydrogen-bond donors (Lipinski definition) is 2. The molecule has 104 valence electrons. The van der Waals surface area contributed by atoms with Gasteiger partial charge in [-0.25, -0.2) is 0 Å². The average Bonchev–Trinajstić information content (AvgIpc) is 2.39. The second-order valence-electron chi connectivity index (χ2n) is 4.19. The summed E-state index contributed by atoms with van der Waals surface area (Å²) in [4.78, 5) is 13.8. The minimum absolute atomic E-state index is 0.0874. The van der Waals surface area contributed by atoms with Crippen molar-refractivity contribution in [2.45, 2.75) is 19.4 Å². The maximum absolute atomic E-state index is 12.2. The number of nitrogens with two attached hydrogens (primary N) is 1. The monoisotopic (exact) mass is 347 g/mol. The highest BCUT2D eigenvalue weighted by atomic mass is 79.9. The molecule has 0 heterocycles. The number of halogens is 2. The summed E-state index contributed by atoms with van der Waals surface area (Å²) in [6, 6.07) is 4.79. The molecule has 0 saturated carbocycles. The molecule has 0 aliphatic heterocycles. The van der Waals surface area contributed by atoms with Crippen molar-refractivity contribution in [3.63, 3.8) is 0 Å². The van der Waals surface area contributed by atoms with E-state index in [1.165, 1.54) is 4.90 Å². The fraction of sp³-hybridized carbons (Fsp3) is 0.333. The standard InChI is InChI=1S/C12H15BrClN3O2/c1-7(5-11(15)16-19)17(2)12(18)8-3-4-10(14)9(13)6-8/h3-4,6-7,19H,5H2,1-2H3,(H2,15,16). The Hall–Kier alpha value is -1.27. The molecule has 0 spiro atoms. The number of carbonyl (C=O) groups excluding carboxylic acids is 1. The van der Waals surface area contributed by atoms with Crippen LogP contribution in [-0.2, 0) is 0 Å². The fourth-order valence-corrected chi connectivity index (χ4v) is 2.01. The van der Waals surface area contributed by atoms with Crippen LogP contribution in [0, 0.1) is 0 Å². The molecule has 7 heteroatoms. The molecule has 0 aromatic heterocycles. The molecule has 0 bridgehead atoms. The highest BCUT2D eigenvalue weighted by molar-refractivity contribution is 9.10. The lowest BCUT2D eigenvalue weighted by Crippen LogP contribution is -2.37. The Bertz CT molecular complexity index is 508. The van der Waals surface area contributed by atoms with Gasteiger partial charge in [-0.15, -0.1) is 0 Å². The molecule has 1 atom stereocenters. The molecule has 0 radical (unpaired) electrons. The Morgan fingerprint density at radius 2 is 2.26 bits per heavy atom. The highest BCUT2D eigenvalue weighted by Crippen LogP contribution is 2.24. The summed E-state index contributed by atoms with van der Waals surface area (Å²) >= 11 is 9.16. The molecular formula is C12H15BrClN3O2. The lowest BCUT2D eigenvalue weighted by molar-refractivity contribution is 0.0747. The third-order valence-electron chi connectivity index (χ3n) is 2.78. The largest absolute Gasteiger partial charge is 0.409 e. The van der Waals surface area contributed by atoms with Crippen molar-refractivity contribution >= 4 is 39.3 Å². The van der Waals surface area contributed by atoms with E-state index in [-0.39, 0.29) is 17.8 Å². The van der Waals surface area contributed by atoms with Gasteiger partial charge in [0.1, 0.15) is 5.84 Å². The van der Waals surface area contributed by atoms with Gasteiger partial charge in [0.25, 0.3) is 5.91 Å². The van der Waals surface area contributed by atoms with Crippen LogP contribution in [0.3, 0.4) is 0 Å². The van der Waals surface area contributed by atoms with E-state index in [1.807, 2.05) is 6.92 Å². The van der Waals surface area contributed by atoms with E-state index >= 15 is 0 Å². The van der Waals surface area contributed by atoms with Crippen molar-refractivity contribution in [1.29, 1.82) is 0 Å². The van der Waals surface area contributed by atoms with Gasteiger partial charge in [-0.2, -0.15) is 0 Å². The minimum atomic E-state index is -0.183. The van der Waals surface area contributed by atoms with Gasteiger partial charge < -0.3 is 15.8 Å². The Kier molecular flexibility index (Phi) is 5.62. The predicted octanol–water partition coefficient (Wildman–Crippen LogP) is 2.70. The summed E-state index contributed by atoms with van der Waals surface area (Å²) in [6.45, 7) is 1.82. The summed E-state index contributed by atoms with van der Waals surface area (Å²) < 4.78 is 0.664. The molecule has 5 nitrogen and oxygen atoms in total. The number of oxime groups is 1. The normalized spacial score (nSPS) is 13.2. The third kappa shape index (κ3) is 4.11. The van der Waals surface area contributed by atoms with Gasteiger partial charge >= 0.3 is 0 Å². The zero-order chi connectivity index (χ0) is 14.6. The van der Waals surface area contributed by atoms with Crippen molar-refractivity contribution in [2.75, 3.05) is 7.05 Å². The van der Waals surface area contributed by atoms with E-state index in [9.17, 15) is 4.79 Å². The van der Waals surface area contributed by atoms with E-state index in [1.54, 1.807) is 25.2 Å². The van der Waals surface area contributed by atoms with E-state index in [2.05, 4.69) is 21.1 Å². The SMILES string of the molecule is CC(C/C(N)=N/O)N(C)C(=O)c1ccc(Cl)c(Br)c1. The van der Waals surface area contributed by atoms with Crippen molar-refractivity contribution in [3.05, 3.63) is 33.3 Å². The first-order valence-corrected chi connectivity index (χ1v) is 6.72. The summed E-state index contributed by atoms with van der Waals surface area (Å²) in [5.74, 6) is -0.0694. The van der Waals surface area contributed by atoms with E-state index in [4.69, 9.17) is 22.5 Å². The van der Waals surface area contributed by atoms with Crippen molar-refractivity contribution in [2.24, 2.45) is 10.9 Å². The third-order valence-corrected chi connectivity index (χ3v) is 4.00. The van der Waals surface area contributed by atoms with Crippen LogP contribution in [0.2, 0.25) is 5.02 Å². The quantitative estimate of drug-likeness (QED) is 0.380. The van der Waals surface area contributed by atoms with Crippen LogP contribution in [0.4, 0.5) is 0 Å². The Labute approximate surface area is 125 Å². The lowest BCUT2D eigenvalue weighted by atomic mass is 10.1. The van der Waals surface area contributed by atoms with Crippen LogP contribution < -0.4 is 5.73 Å². The summed E-state index contributed by atoms with van der Waals surface area (Å²) in [5.41, 5.74) is 5.95. The number of benzene rings is 1. The van der Waals surface area contributed by atoms with Gasteiger partial charge in [-0.1, -0.05) is 16.8 Å². The fourth-order valence-electron chi connectivity index (χ4n) is 1.51. The Morgan fingerprint density at radius 3 is 2.79 bits per heavy atom. The number of amidine groups is 1. The number of carbonyl (C=O) groups is 1. The van der Waals surface area contributed by atoms with Gasteiger partial charge in [0.2, 0.25) is 0 Å². The first kappa shape index (κ1) is 15.8. The molecule has 0 aliphatic rings. The maximum atomic E-state index is 12.2. The molecule has 0 saturated heterocycles. The van der Waals surface area contributed by atoms with Gasteiger partial charge in [0.05, 0.1) is 5.02 Å². The Morgan fingerprint density at radius 1 is 1.63 bits per heavy atom. The molecule has 1 aromatic rings. The van der Waals surface area contributed by atoms with Gasteiger partial charge in [-0.3, -0.25) is 4.79 Å². The summed E-state index contributed by atoms with van der Waals surface area (Å²) in [7, 11) is 1.67. The van der Waals surface area contributed by atoms with Gasteiger partial charge in [0, 0.05) is 29.5 Å². The summed E-state index contributed by atoms with van der Waals surface area (Å²) in [6.07, 6.45) is 0.299. The maximum Gasteiger partial charge on any atom is 0.253 e. The van der Waals surface area contributed by atoms with E-state index < -0.39 is 0 Å². The molecular weight excluding hydrogens is 334 g/mol. The lowest BCUT2D eigenvalue weighted by Gasteiger charge is -2.24. The van der Waals surface area contributed by atoms with Crippen LogP contribution in [0.15, 0.2) is 27.8 Å². The van der Waals surface area contributed by atoms with E-state index in [0.29, 0.717) is 21.5 Å². The molecule has 1 amide bonds. The molecule has 0 aliphatic carbocycles. The predicted molar refractivity (Wildman–Crippen MR) is 78.7 cm³/mol. The number of hydrogen-bond acceptors (Lipinski definition) is 3. The average molecular weight is 349 g/mol. The molecule has 0 fully saturated rings. The molecule has 19 heavy (non-hydrogen) atoms. The minimum Gasteiger partial charge on any atom is -0.409 e. The van der Waals surface area contributed by atoms with Crippen molar-refractivity contribution < 1.29 is 10.0 Å². The summed E-state index contributed by atoms with van der Waals surface area (Å²) in [5, 5.41) is 12.0. The van der Waals surface area contributed by atoms with Gasteiger partial charge in [0.15, 0.2) is 0 Å². The number of amides is 1. The van der Waals surface area contributed by atoms with Crippen LogP contribution in [0.25, 0.3) is 0 Å². The Balaban J connectivity index is 2.84.